The van der Waals surface area contributed by atoms with E-state index in [1.165, 1.54) is 4.90 Å². The van der Waals surface area contributed by atoms with E-state index in [1.807, 2.05) is 24.3 Å². The van der Waals surface area contributed by atoms with Crippen molar-refractivity contribution in [2.75, 3.05) is 7.05 Å². The van der Waals surface area contributed by atoms with E-state index in [0.717, 1.165) is 11.0 Å². The molecule has 1 amide bonds. The molecular weight excluding hydrogens is 330 g/mol. The molecule has 132 valence electrons. The van der Waals surface area contributed by atoms with Gasteiger partial charge in [-0.25, -0.2) is 4.98 Å². The average molecular weight is 349 g/mol. The lowest BCUT2D eigenvalue weighted by Gasteiger charge is -2.15. The van der Waals surface area contributed by atoms with Crippen LogP contribution in [0.2, 0.25) is 0 Å². The first-order valence-electron chi connectivity index (χ1n) is 8.13. The van der Waals surface area contributed by atoms with Gasteiger partial charge in [0.15, 0.2) is 11.5 Å². The predicted molar refractivity (Wildman–Crippen MR) is 97.2 cm³/mol. The largest absolute Gasteiger partial charge is 0.443 e. The Morgan fingerprint density at radius 2 is 1.96 bits per heavy atom. The third-order valence-corrected chi connectivity index (χ3v) is 3.55. The highest BCUT2D eigenvalue weighted by Crippen LogP contribution is 2.13. The molecule has 0 atom stereocenters. The van der Waals surface area contributed by atoms with Crippen LogP contribution in [0.3, 0.4) is 0 Å². The fraction of sp³-hybridized carbons (Fsp3) is 0.250. The molecule has 0 unspecified atom stereocenters. The standard InChI is InChI=1S/C20H19N3O3/c1-20(2,25)11-10-15-8-9-18(26-15)19(24)23(3)13-14-12-21-16-6-4-5-7-17(16)22-14/h4-9,12,25H,13H2,1-3H3. The number of para-hydroxylation sites is 2. The highest BCUT2D eigenvalue weighted by molar-refractivity contribution is 5.91. The molecule has 2 aromatic heterocycles. The molecule has 6 heteroatoms. The van der Waals surface area contributed by atoms with Crippen LogP contribution in [0.25, 0.3) is 11.0 Å². The SMILES string of the molecule is CN(Cc1cnc2ccccc2n1)C(=O)c1ccc(C#CC(C)(C)O)o1. The zero-order valence-corrected chi connectivity index (χ0v) is 14.9. The molecule has 26 heavy (non-hydrogen) atoms. The number of hydrogen-bond donors (Lipinski definition) is 1. The number of benzene rings is 1. The van der Waals surface area contributed by atoms with Crippen molar-refractivity contribution in [1.29, 1.82) is 0 Å². The number of aromatic nitrogens is 2. The Morgan fingerprint density at radius 3 is 2.69 bits per heavy atom. The molecule has 0 bridgehead atoms. The molecule has 0 saturated heterocycles. The van der Waals surface area contributed by atoms with Crippen molar-refractivity contribution in [3.8, 4) is 11.8 Å². The van der Waals surface area contributed by atoms with Crippen LogP contribution in [0.1, 0.15) is 35.9 Å². The molecule has 0 aliphatic carbocycles. The smallest absolute Gasteiger partial charge is 0.289 e. The van der Waals surface area contributed by atoms with Gasteiger partial charge in [0, 0.05) is 7.05 Å². The summed E-state index contributed by atoms with van der Waals surface area (Å²) in [6.45, 7) is 3.46. The Labute approximate surface area is 151 Å². The fourth-order valence-electron chi connectivity index (χ4n) is 2.31. The van der Waals surface area contributed by atoms with Crippen molar-refractivity contribution in [3.05, 3.63) is 59.8 Å². The molecule has 6 nitrogen and oxygen atoms in total. The average Bonchev–Trinajstić information content (AvgIpc) is 3.07. The van der Waals surface area contributed by atoms with Gasteiger partial charge in [0.1, 0.15) is 5.60 Å². The van der Waals surface area contributed by atoms with E-state index >= 15 is 0 Å². The molecule has 0 spiro atoms. The topological polar surface area (TPSA) is 79.5 Å². The number of hydrogen-bond acceptors (Lipinski definition) is 5. The molecular formula is C20H19N3O3. The number of nitrogens with zero attached hydrogens (tertiary/aromatic N) is 3. The zero-order valence-electron chi connectivity index (χ0n) is 14.9. The molecule has 0 saturated carbocycles. The maximum Gasteiger partial charge on any atom is 0.289 e. The first-order valence-corrected chi connectivity index (χ1v) is 8.13. The normalized spacial score (nSPS) is 11.1. The summed E-state index contributed by atoms with van der Waals surface area (Å²) >= 11 is 0. The highest BCUT2D eigenvalue weighted by Gasteiger charge is 2.17. The lowest BCUT2D eigenvalue weighted by atomic mass is 10.1. The highest BCUT2D eigenvalue weighted by atomic mass is 16.4. The van der Waals surface area contributed by atoms with E-state index in [-0.39, 0.29) is 11.7 Å². The van der Waals surface area contributed by atoms with Gasteiger partial charge in [0.25, 0.3) is 5.91 Å². The maximum absolute atomic E-state index is 12.5. The maximum atomic E-state index is 12.5. The van der Waals surface area contributed by atoms with Crippen LogP contribution >= 0.6 is 0 Å². The quantitative estimate of drug-likeness (QED) is 0.735. The summed E-state index contributed by atoms with van der Waals surface area (Å²) in [5, 5.41) is 9.62. The van der Waals surface area contributed by atoms with E-state index in [4.69, 9.17) is 4.42 Å². The Balaban J connectivity index is 1.72. The number of fused-ring (bicyclic) bond motifs is 1. The molecule has 0 aliphatic rings. The van der Waals surface area contributed by atoms with E-state index in [0.29, 0.717) is 18.0 Å². The van der Waals surface area contributed by atoms with E-state index in [1.54, 1.807) is 39.2 Å². The minimum absolute atomic E-state index is 0.182. The van der Waals surface area contributed by atoms with Gasteiger partial charge in [0.05, 0.1) is 29.5 Å². The fourth-order valence-corrected chi connectivity index (χ4v) is 2.31. The number of carbonyl (C=O) groups is 1. The molecule has 0 aliphatic heterocycles. The summed E-state index contributed by atoms with van der Waals surface area (Å²) in [5.74, 6) is 5.58. The van der Waals surface area contributed by atoms with Crippen molar-refractivity contribution in [3.63, 3.8) is 0 Å². The number of rotatable bonds is 3. The molecule has 2 heterocycles. The number of carbonyl (C=O) groups excluding carboxylic acids is 1. The minimum Gasteiger partial charge on any atom is -0.443 e. The van der Waals surface area contributed by atoms with Gasteiger partial charge >= 0.3 is 0 Å². The molecule has 3 rings (SSSR count). The van der Waals surface area contributed by atoms with Crippen LogP contribution in [0.4, 0.5) is 0 Å². The number of aliphatic hydroxyl groups is 1. The first kappa shape index (κ1) is 17.6. The monoisotopic (exact) mass is 349 g/mol. The Bertz CT molecular complexity index is 1010. The molecule has 1 N–H and O–H groups in total. The molecule has 0 radical (unpaired) electrons. The van der Waals surface area contributed by atoms with Crippen LogP contribution in [0.15, 0.2) is 47.0 Å². The van der Waals surface area contributed by atoms with Crippen molar-refractivity contribution in [2.24, 2.45) is 0 Å². The zero-order chi connectivity index (χ0) is 18.7. The second-order valence-electron chi connectivity index (χ2n) is 6.48. The second-order valence-corrected chi connectivity index (χ2v) is 6.48. The Morgan fingerprint density at radius 1 is 1.23 bits per heavy atom. The summed E-state index contributed by atoms with van der Waals surface area (Å²) < 4.78 is 5.46. The van der Waals surface area contributed by atoms with Crippen molar-refractivity contribution in [2.45, 2.75) is 26.0 Å². The van der Waals surface area contributed by atoms with Crippen LogP contribution in [-0.2, 0) is 6.54 Å². The Hall–Kier alpha value is -3.17. The molecule has 1 aromatic carbocycles. The van der Waals surface area contributed by atoms with Gasteiger partial charge in [-0.3, -0.25) is 9.78 Å². The van der Waals surface area contributed by atoms with Crippen molar-refractivity contribution >= 4 is 16.9 Å². The van der Waals surface area contributed by atoms with E-state index in [2.05, 4.69) is 21.8 Å². The predicted octanol–water partition coefficient (Wildman–Crippen LogP) is 2.62. The van der Waals surface area contributed by atoms with Crippen molar-refractivity contribution < 1.29 is 14.3 Å². The summed E-state index contributed by atoms with van der Waals surface area (Å²) in [4.78, 5) is 22.9. The Kier molecular flexibility index (Phi) is 4.74. The lowest BCUT2D eigenvalue weighted by Crippen LogP contribution is -2.26. The van der Waals surface area contributed by atoms with Crippen LogP contribution in [0.5, 0.6) is 0 Å². The van der Waals surface area contributed by atoms with Crippen LogP contribution in [0, 0.1) is 11.8 Å². The van der Waals surface area contributed by atoms with Gasteiger partial charge < -0.3 is 14.4 Å². The van der Waals surface area contributed by atoms with Crippen molar-refractivity contribution in [1.82, 2.24) is 14.9 Å². The first-order chi connectivity index (χ1) is 12.3. The summed E-state index contributed by atoms with van der Waals surface area (Å²) in [6.07, 6.45) is 1.66. The summed E-state index contributed by atoms with van der Waals surface area (Å²) in [5.41, 5.74) is 1.16. The van der Waals surface area contributed by atoms with E-state index < -0.39 is 5.60 Å². The van der Waals surface area contributed by atoms with Crippen LogP contribution in [-0.4, -0.2) is 38.5 Å². The van der Waals surface area contributed by atoms with Gasteiger partial charge in [-0.15, -0.1) is 0 Å². The third kappa shape index (κ3) is 4.26. The minimum atomic E-state index is -1.12. The van der Waals surface area contributed by atoms with Gasteiger partial charge in [0.2, 0.25) is 0 Å². The van der Waals surface area contributed by atoms with Gasteiger partial charge in [-0.1, -0.05) is 18.1 Å². The molecule has 3 aromatic rings. The van der Waals surface area contributed by atoms with Gasteiger partial charge in [-0.2, -0.15) is 0 Å². The number of furan rings is 1. The molecule has 0 fully saturated rings. The van der Waals surface area contributed by atoms with E-state index in [9.17, 15) is 9.90 Å². The lowest BCUT2D eigenvalue weighted by molar-refractivity contribution is 0.0751. The summed E-state index contributed by atoms with van der Waals surface area (Å²) in [7, 11) is 1.67. The number of amides is 1. The summed E-state index contributed by atoms with van der Waals surface area (Å²) in [6, 6.07) is 10.7. The van der Waals surface area contributed by atoms with Crippen LogP contribution < -0.4 is 0 Å². The second kappa shape index (κ2) is 6.98. The third-order valence-electron chi connectivity index (χ3n) is 3.55. The van der Waals surface area contributed by atoms with Gasteiger partial charge in [-0.05, 0) is 44.0 Å².